The van der Waals surface area contributed by atoms with Gasteiger partial charge in [-0.25, -0.2) is 4.79 Å². The van der Waals surface area contributed by atoms with Gasteiger partial charge in [0.15, 0.2) is 0 Å². The van der Waals surface area contributed by atoms with Gasteiger partial charge in [0.05, 0.1) is 12.6 Å². The van der Waals surface area contributed by atoms with Crippen LogP contribution in [0.2, 0.25) is 0 Å². The topological polar surface area (TPSA) is 47.6 Å². The summed E-state index contributed by atoms with van der Waals surface area (Å²) in [5, 5.41) is 3.04. The molecule has 1 unspecified atom stereocenters. The largest absolute Gasteiger partial charge is 0.456 e. The van der Waals surface area contributed by atoms with Crippen molar-refractivity contribution in [2.45, 2.75) is 64.8 Å². The first-order chi connectivity index (χ1) is 13.7. The molecule has 4 heteroatoms. The molecular weight excluding hydrogens is 350 g/mol. The smallest absolute Gasteiger partial charge is 0.407 e. The second-order valence-corrected chi connectivity index (χ2v) is 7.47. The number of hydrogen-bond acceptors (Lipinski definition) is 3. The van der Waals surface area contributed by atoms with Crippen LogP contribution in [0.1, 0.15) is 74.6 Å². The lowest BCUT2D eigenvalue weighted by molar-refractivity contribution is 0.141. The zero-order chi connectivity index (χ0) is 19.8. The number of alkyl carbamates (subject to hydrolysis) is 1. The van der Waals surface area contributed by atoms with E-state index >= 15 is 0 Å². The van der Waals surface area contributed by atoms with Gasteiger partial charge in [-0.1, -0.05) is 81.8 Å². The molecule has 4 nitrogen and oxygen atoms in total. The Morgan fingerprint density at radius 2 is 1.68 bits per heavy atom. The van der Waals surface area contributed by atoms with Crippen LogP contribution in [0.25, 0.3) is 0 Å². The second-order valence-electron chi connectivity index (χ2n) is 7.47. The summed E-state index contributed by atoms with van der Waals surface area (Å²) >= 11 is 0. The molecule has 0 aliphatic carbocycles. The van der Waals surface area contributed by atoms with Crippen molar-refractivity contribution in [2.24, 2.45) is 0 Å². The van der Waals surface area contributed by atoms with Crippen LogP contribution in [0.3, 0.4) is 0 Å². The first-order valence-corrected chi connectivity index (χ1v) is 10.5. The normalized spacial score (nSPS) is 14.6. The molecule has 1 atom stereocenters. The van der Waals surface area contributed by atoms with E-state index in [1.165, 1.54) is 32.1 Å². The number of unbranched alkanes of at least 4 members (excludes halogenated alkanes) is 6. The molecule has 2 aromatic carbocycles. The van der Waals surface area contributed by atoms with Crippen LogP contribution in [-0.4, -0.2) is 12.7 Å². The van der Waals surface area contributed by atoms with Crippen molar-refractivity contribution in [1.82, 2.24) is 5.32 Å². The molecule has 28 heavy (non-hydrogen) atoms. The van der Waals surface area contributed by atoms with E-state index in [4.69, 9.17) is 9.47 Å². The third kappa shape index (κ3) is 5.06. The van der Waals surface area contributed by atoms with Gasteiger partial charge in [0.2, 0.25) is 0 Å². The Kier molecular flexibility index (Phi) is 7.35. The fourth-order valence-electron chi connectivity index (χ4n) is 3.67. The number of carbonyl (C=O) groups excluding carboxylic acids is 1. The van der Waals surface area contributed by atoms with Gasteiger partial charge < -0.3 is 14.8 Å². The molecule has 0 radical (unpaired) electrons. The van der Waals surface area contributed by atoms with Crippen LogP contribution in [0, 0.1) is 6.92 Å². The third-order valence-electron chi connectivity index (χ3n) is 5.24. The number of ether oxygens (including phenoxy) is 2. The Morgan fingerprint density at radius 3 is 2.50 bits per heavy atom. The predicted octanol–water partition coefficient (Wildman–Crippen LogP) is 6.67. The number of aryl methyl sites for hydroxylation is 1. The Balaban J connectivity index is 1.55. The molecule has 1 aliphatic heterocycles. The van der Waals surface area contributed by atoms with Crippen molar-refractivity contribution < 1.29 is 14.3 Å². The van der Waals surface area contributed by atoms with E-state index in [0.717, 1.165) is 41.0 Å². The van der Waals surface area contributed by atoms with E-state index in [1.54, 1.807) is 0 Å². The summed E-state index contributed by atoms with van der Waals surface area (Å²) in [6.45, 7) is 4.71. The molecule has 0 aromatic heterocycles. The van der Waals surface area contributed by atoms with E-state index < -0.39 is 0 Å². The summed E-state index contributed by atoms with van der Waals surface area (Å²) in [6.07, 6.45) is 8.02. The van der Waals surface area contributed by atoms with Crippen molar-refractivity contribution in [3.05, 3.63) is 59.2 Å². The molecule has 150 valence electrons. The first kappa shape index (κ1) is 20.2. The van der Waals surface area contributed by atoms with Crippen molar-refractivity contribution >= 4 is 6.09 Å². The maximum atomic E-state index is 12.4. The summed E-state index contributed by atoms with van der Waals surface area (Å²) in [7, 11) is 0. The first-order valence-electron chi connectivity index (χ1n) is 10.5. The van der Waals surface area contributed by atoms with Gasteiger partial charge in [0, 0.05) is 11.1 Å². The summed E-state index contributed by atoms with van der Waals surface area (Å²) in [6, 6.07) is 13.6. The lowest BCUT2D eigenvalue weighted by atomic mass is 9.93. The Morgan fingerprint density at radius 1 is 0.964 bits per heavy atom. The van der Waals surface area contributed by atoms with Gasteiger partial charge in [-0.05, 0) is 25.0 Å². The van der Waals surface area contributed by atoms with Gasteiger partial charge >= 0.3 is 6.09 Å². The minimum Gasteiger partial charge on any atom is -0.456 e. The predicted molar refractivity (Wildman–Crippen MR) is 112 cm³/mol. The van der Waals surface area contributed by atoms with Gasteiger partial charge in [-0.3, -0.25) is 0 Å². The van der Waals surface area contributed by atoms with E-state index in [2.05, 4.69) is 12.2 Å². The molecule has 1 N–H and O–H groups in total. The summed E-state index contributed by atoms with van der Waals surface area (Å²) in [5.41, 5.74) is 2.97. The van der Waals surface area contributed by atoms with E-state index in [0.29, 0.717) is 6.61 Å². The third-order valence-corrected chi connectivity index (χ3v) is 5.24. The highest BCUT2D eigenvalue weighted by molar-refractivity contribution is 5.70. The highest BCUT2D eigenvalue weighted by Crippen LogP contribution is 2.44. The monoisotopic (exact) mass is 381 g/mol. The Hall–Kier alpha value is -2.49. The number of para-hydroxylation sites is 2. The van der Waals surface area contributed by atoms with Gasteiger partial charge in [0.25, 0.3) is 0 Å². The average Bonchev–Trinajstić information content (AvgIpc) is 2.70. The van der Waals surface area contributed by atoms with Crippen LogP contribution < -0.4 is 10.1 Å². The summed E-state index contributed by atoms with van der Waals surface area (Å²) < 4.78 is 11.5. The molecular formula is C24H31NO3. The fraction of sp³-hybridized carbons (Fsp3) is 0.458. The van der Waals surface area contributed by atoms with Crippen molar-refractivity contribution in [2.75, 3.05) is 6.61 Å². The molecule has 1 amide bonds. The summed E-state index contributed by atoms with van der Waals surface area (Å²) in [4.78, 5) is 12.4. The molecule has 1 heterocycles. The number of benzene rings is 2. The summed E-state index contributed by atoms with van der Waals surface area (Å²) in [5.74, 6) is 1.60. The van der Waals surface area contributed by atoms with E-state index in [-0.39, 0.29) is 12.1 Å². The van der Waals surface area contributed by atoms with Crippen molar-refractivity contribution in [3.8, 4) is 11.5 Å². The van der Waals surface area contributed by atoms with Crippen LogP contribution >= 0.6 is 0 Å². The molecule has 3 rings (SSSR count). The molecule has 0 saturated heterocycles. The minimum atomic E-state index is -0.375. The molecule has 0 spiro atoms. The Labute approximate surface area is 168 Å². The van der Waals surface area contributed by atoms with Gasteiger partial charge in [-0.15, -0.1) is 0 Å². The maximum Gasteiger partial charge on any atom is 0.407 e. The standard InChI is InChI=1S/C24H31NO3/c1-3-4-5-6-7-8-11-17-27-24(26)25-22-19-14-9-10-16-21(19)28-23-18(2)13-12-15-20(22)23/h9-10,12-16,22H,3-8,11,17H2,1-2H3,(H,25,26). The van der Waals surface area contributed by atoms with Crippen LogP contribution in [0.15, 0.2) is 42.5 Å². The molecule has 0 fully saturated rings. The van der Waals surface area contributed by atoms with Crippen molar-refractivity contribution in [1.29, 1.82) is 0 Å². The van der Waals surface area contributed by atoms with Gasteiger partial charge in [-0.2, -0.15) is 0 Å². The highest BCUT2D eigenvalue weighted by Gasteiger charge is 2.29. The van der Waals surface area contributed by atoms with Crippen LogP contribution in [0.4, 0.5) is 4.79 Å². The van der Waals surface area contributed by atoms with Crippen LogP contribution in [0.5, 0.6) is 11.5 Å². The van der Waals surface area contributed by atoms with Crippen molar-refractivity contribution in [3.63, 3.8) is 0 Å². The lowest BCUT2D eigenvalue weighted by Crippen LogP contribution is -2.32. The SMILES string of the molecule is CCCCCCCCCOC(=O)NC1c2ccccc2Oc2c(C)cccc21. The second kappa shape index (κ2) is 10.2. The highest BCUT2D eigenvalue weighted by atomic mass is 16.5. The zero-order valence-corrected chi connectivity index (χ0v) is 17.0. The number of rotatable bonds is 9. The number of amides is 1. The molecule has 1 aliphatic rings. The lowest BCUT2D eigenvalue weighted by Gasteiger charge is -2.29. The number of nitrogens with one attached hydrogen (secondary N) is 1. The quantitative estimate of drug-likeness (QED) is 0.494. The van der Waals surface area contributed by atoms with Crippen LogP contribution in [-0.2, 0) is 4.74 Å². The number of hydrogen-bond donors (Lipinski definition) is 1. The maximum absolute atomic E-state index is 12.4. The zero-order valence-electron chi connectivity index (χ0n) is 17.0. The molecule has 0 saturated carbocycles. The van der Waals surface area contributed by atoms with E-state index in [9.17, 15) is 4.79 Å². The molecule has 2 aromatic rings. The fourth-order valence-corrected chi connectivity index (χ4v) is 3.67. The average molecular weight is 382 g/mol. The Bertz CT molecular complexity index is 787. The minimum absolute atomic E-state index is 0.263. The number of fused-ring (bicyclic) bond motifs is 2. The van der Waals surface area contributed by atoms with Gasteiger partial charge in [0.1, 0.15) is 11.5 Å². The van der Waals surface area contributed by atoms with E-state index in [1.807, 2.05) is 49.4 Å². The molecule has 0 bridgehead atoms. The number of carbonyl (C=O) groups is 1.